The third kappa shape index (κ3) is 2.70. The van der Waals surface area contributed by atoms with Crippen molar-refractivity contribution in [3.8, 4) is 0 Å². The second-order valence-electron chi connectivity index (χ2n) is 6.40. The van der Waals surface area contributed by atoms with Crippen LogP contribution in [0.2, 0.25) is 0 Å². The van der Waals surface area contributed by atoms with Gasteiger partial charge in [0.05, 0.1) is 6.61 Å². The van der Waals surface area contributed by atoms with E-state index in [0.717, 1.165) is 37.4 Å². The molecule has 1 aromatic heterocycles. The molecule has 5 heteroatoms. The Hall–Kier alpha value is -1.39. The Morgan fingerprint density at radius 3 is 2.86 bits per heavy atom. The maximum atomic E-state index is 12.1. The third-order valence-corrected chi connectivity index (χ3v) is 4.99. The first-order valence-corrected chi connectivity index (χ1v) is 8.21. The number of hydrogen-bond donors (Lipinski definition) is 0. The molecule has 1 heterocycles. The van der Waals surface area contributed by atoms with Gasteiger partial charge in [0.1, 0.15) is 5.41 Å². The van der Waals surface area contributed by atoms with Gasteiger partial charge in [0.2, 0.25) is 5.89 Å². The highest BCUT2D eigenvalue weighted by Crippen LogP contribution is 2.49. The lowest BCUT2D eigenvalue weighted by molar-refractivity contribution is -0.146. The zero-order valence-electron chi connectivity index (χ0n) is 12.9. The summed E-state index contributed by atoms with van der Waals surface area (Å²) >= 11 is 0. The zero-order valence-corrected chi connectivity index (χ0v) is 12.9. The van der Waals surface area contributed by atoms with Gasteiger partial charge in [-0.25, -0.2) is 0 Å². The molecule has 2 aliphatic carbocycles. The molecular formula is C16H24N2O3. The number of esters is 1. The molecule has 2 unspecified atom stereocenters. The van der Waals surface area contributed by atoms with E-state index >= 15 is 0 Å². The maximum absolute atomic E-state index is 12.1. The quantitative estimate of drug-likeness (QED) is 0.779. The number of hydrogen-bond acceptors (Lipinski definition) is 5. The van der Waals surface area contributed by atoms with Gasteiger partial charge < -0.3 is 9.26 Å². The molecule has 5 nitrogen and oxygen atoms in total. The first-order valence-electron chi connectivity index (χ1n) is 8.21. The van der Waals surface area contributed by atoms with E-state index in [1.54, 1.807) is 0 Å². The molecule has 2 fully saturated rings. The van der Waals surface area contributed by atoms with Crippen molar-refractivity contribution in [1.29, 1.82) is 0 Å². The molecule has 0 aliphatic heterocycles. The Balaban J connectivity index is 1.73. The van der Waals surface area contributed by atoms with Crippen LogP contribution in [0.4, 0.5) is 0 Å². The zero-order chi connectivity index (χ0) is 14.9. The monoisotopic (exact) mass is 292 g/mol. The standard InChI is InChI=1S/C16H24N2O3/c1-3-11-6-5-7-12(10-11)13-17-14(21-18-13)16(8-9-16)15(19)20-4-2/h11-12H,3-10H2,1-2H3. The normalized spacial score (nSPS) is 27.3. The minimum absolute atomic E-state index is 0.213. The van der Waals surface area contributed by atoms with Crippen molar-refractivity contribution in [2.75, 3.05) is 6.61 Å². The van der Waals surface area contributed by atoms with Crippen molar-refractivity contribution in [1.82, 2.24) is 10.1 Å². The molecule has 0 spiro atoms. The van der Waals surface area contributed by atoms with Crippen LogP contribution in [-0.4, -0.2) is 22.7 Å². The lowest BCUT2D eigenvalue weighted by Gasteiger charge is -2.26. The van der Waals surface area contributed by atoms with Crippen LogP contribution < -0.4 is 0 Å². The summed E-state index contributed by atoms with van der Waals surface area (Å²) in [7, 11) is 0. The summed E-state index contributed by atoms with van der Waals surface area (Å²) in [4.78, 5) is 16.6. The summed E-state index contributed by atoms with van der Waals surface area (Å²) in [6, 6.07) is 0. The van der Waals surface area contributed by atoms with E-state index < -0.39 is 5.41 Å². The fourth-order valence-corrected chi connectivity index (χ4v) is 3.39. The molecule has 3 rings (SSSR count). The van der Waals surface area contributed by atoms with Gasteiger partial charge >= 0.3 is 5.97 Å². The van der Waals surface area contributed by atoms with E-state index in [1.165, 1.54) is 19.3 Å². The number of carbonyl (C=O) groups excluding carboxylic acids is 1. The number of aromatic nitrogens is 2. The Morgan fingerprint density at radius 1 is 1.38 bits per heavy atom. The molecular weight excluding hydrogens is 268 g/mol. The fraction of sp³-hybridized carbons (Fsp3) is 0.812. The molecule has 0 N–H and O–H groups in total. The summed E-state index contributed by atoms with van der Waals surface area (Å²) in [6.45, 7) is 4.46. The maximum Gasteiger partial charge on any atom is 0.321 e. The van der Waals surface area contributed by atoms with E-state index in [9.17, 15) is 4.79 Å². The fourth-order valence-electron chi connectivity index (χ4n) is 3.39. The van der Waals surface area contributed by atoms with Crippen molar-refractivity contribution in [2.45, 2.75) is 70.1 Å². The molecule has 0 saturated heterocycles. The summed E-state index contributed by atoms with van der Waals surface area (Å²) < 4.78 is 10.6. The summed E-state index contributed by atoms with van der Waals surface area (Å²) in [5, 5.41) is 4.16. The van der Waals surface area contributed by atoms with Gasteiger partial charge in [-0.2, -0.15) is 4.98 Å². The van der Waals surface area contributed by atoms with Crippen LogP contribution in [0.25, 0.3) is 0 Å². The summed E-state index contributed by atoms with van der Waals surface area (Å²) in [5.41, 5.74) is -0.639. The number of nitrogens with zero attached hydrogens (tertiary/aromatic N) is 2. The predicted octanol–water partition coefficient (Wildman–Crippen LogP) is 3.35. The molecule has 21 heavy (non-hydrogen) atoms. The van der Waals surface area contributed by atoms with Gasteiger partial charge in [-0.05, 0) is 38.5 Å². The van der Waals surface area contributed by atoms with Crippen molar-refractivity contribution in [3.63, 3.8) is 0 Å². The average molecular weight is 292 g/mol. The molecule has 0 aromatic carbocycles. The van der Waals surface area contributed by atoms with E-state index in [-0.39, 0.29) is 5.97 Å². The van der Waals surface area contributed by atoms with Gasteiger partial charge in [0.25, 0.3) is 0 Å². The SMILES string of the molecule is CCOC(=O)C1(c2nc(C3CCCC(CC)C3)no2)CC1. The van der Waals surface area contributed by atoms with E-state index in [2.05, 4.69) is 17.1 Å². The highest BCUT2D eigenvalue weighted by molar-refractivity contribution is 5.85. The Bertz CT molecular complexity index is 507. The highest BCUT2D eigenvalue weighted by atomic mass is 16.5. The molecule has 2 saturated carbocycles. The smallest absolute Gasteiger partial charge is 0.321 e. The molecule has 0 bridgehead atoms. The van der Waals surface area contributed by atoms with E-state index in [1.807, 2.05) is 6.92 Å². The van der Waals surface area contributed by atoms with Crippen LogP contribution >= 0.6 is 0 Å². The second-order valence-corrected chi connectivity index (χ2v) is 6.40. The minimum Gasteiger partial charge on any atom is -0.465 e. The van der Waals surface area contributed by atoms with E-state index in [0.29, 0.717) is 18.4 Å². The topological polar surface area (TPSA) is 65.2 Å². The van der Waals surface area contributed by atoms with Crippen LogP contribution in [0, 0.1) is 5.92 Å². The average Bonchev–Trinajstić information content (AvgIpc) is 3.18. The van der Waals surface area contributed by atoms with E-state index in [4.69, 9.17) is 9.26 Å². The predicted molar refractivity (Wildman–Crippen MR) is 76.8 cm³/mol. The summed E-state index contributed by atoms with van der Waals surface area (Å²) in [6.07, 6.45) is 7.55. The molecule has 0 radical (unpaired) electrons. The molecule has 2 aliphatic rings. The second kappa shape index (κ2) is 5.78. The van der Waals surface area contributed by atoms with Gasteiger partial charge in [-0.1, -0.05) is 31.3 Å². The van der Waals surface area contributed by atoms with Crippen LogP contribution in [0.1, 0.15) is 76.4 Å². The molecule has 2 atom stereocenters. The first-order chi connectivity index (χ1) is 10.2. The highest BCUT2D eigenvalue weighted by Gasteiger charge is 2.57. The Labute approximate surface area is 125 Å². The lowest BCUT2D eigenvalue weighted by atomic mass is 9.80. The molecule has 0 amide bonds. The van der Waals surface area contributed by atoms with Crippen molar-refractivity contribution in [3.05, 3.63) is 11.7 Å². The largest absolute Gasteiger partial charge is 0.465 e. The van der Waals surface area contributed by atoms with Crippen LogP contribution in [0.5, 0.6) is 0 Å². The Kier molecular flexibility index (Phi) is 4.00. The minimum atomic E-state index is -0.639. The van der Waals surface area contributed by atoms with Gasteiger partial charge in [0, 0.05) is 5.92 Å². The van der Waals surface area contributed by atoms with Crippen LogP contribution in [0.15, 0.2) is 4.52 Å². The first kappa shape index (κ1) is 14.5. The Morgan fingerprint density at radius 2 is 2.19 bits per heavy atom. The molecule has 116 valence electrons. The number of ether oxygens (including phenoxy) is 1. The van der Waals surface area contributed by atoms with Gasteiger partial charge in [-0.3, -0.25) is 4.79 Å². The van der Waals surface area contributed by atoms with Crippen LogP contribution in [0.3, 0.4) is 0 Å². The van der Waals surface area contributed by atoms with Crippen molar-refractivity contribution < 1.29 is 14.1 Å². The lowest BCUT2D eigenvalue weighted by Crippen LogP contribution is -2.23. The van der Waals surface area contributed by atoms with Gasteiger partial charge in [0.15, 0.2) is 5.82 Å². The number of carbonyl (C=O) groups is 1. The van der Waals surface area contributed by atoms with Gasteiger partial charge in [-0.15, -0.1) is 0 Å². The number of rotatable bonds is 5. The van der Waals surface area contributed by atoms with Crippen LogP contribution in [-0.2, 0) is 14.9 Å². The van der Waals surface area contributed by atoms with Crippen molar-refractivity contribution in [2.24, 2.45) is 5.92 Å². The molecule has 1 aromatic rings. The van der Waals surface area contributed by atoms with Crippen molar-refractivity contribution >= 4 is 5.97 Å². The summed E-state index contributed by atoms with van der Waals surface area (Å²) in [5.74, 6) is 2.20. The third-order valence-electron chi connectivity index (χ3n) is 4.99.